The molecule has 1 aliphatic rings. The number of rotatable bonds is 4. The van der Waals surface area contributed by atoms with Crippen LogP contribution in [-0.4, -0.2) is 37.4 Å². The second kappa shape index (κ2) is 6.98. The van der Waals surface area contributed by atoms with Gasteiger partial charge in [-0.1, -0.05) is 6.07 Å². The summed E-state index contributed by atoms with van der Waals surface area (Å²) in [5, 5.41) is 3.44. The van der Waals surface area contributed by atoms with E-state index in [1.54, 1.807) is 12.1 Å². The second-order valence-electron chi connectivity index (χ2n) is 5.29. The van der Waals surface area contributed by atoms with Crippen molar-refractivity contribution in [2.75, 3.05) is 20.1 Å². The van der Waals surface area contributed by atoms with Gasteiger partial charge in [0.2, 0.25) is 0 Å². The maximum absolute atomic E-state index is 12.2. The molecule has 1 atom stereocenters. The molecule has 1 unspecified atom stereocenters. The minimum atomic E-state index is -4.67. The summed E-state index contributed by atoms with van der Waals surface area (Å²) >= 11 is 3.11. The van der Waals surface area contributed by atoms with Gasteiger partial charge in [0.15, 0.2) is 0 Å². The van der Waals surface area contributed by atoms with Crippen LogP contribution in [0.5, 0.6) is 5.75 Å². The molecular formula is C14H18BrF3N2O. The lowest BCUT2D eigenvalue weighted by Crippen LogP contribution is -2.43. The standard InChI is InChI=1S/C14H18BrF3N2O/c1-20-6-2-3-11(9-20)19-8-10-4-5-13(12(15)7-10)21-14(16,17)18/h4-5,7,11,19H,2-3,6,8-9H2,1H3. The van der Waals surface area contributed by atoms with Crippen molar-refractivity contribution in [3.63, 3.8) is 0 Å². The highest BCUT2D eigenvalue weighted by atomic mass is 79.9. The molecule has 2 rings (SSSR count). The third kappa shape index (κ3) is 5.48. The van der Waals surface area contributed by atoms with E-state index in [9.17, 15) is 13.2 Å². The fourth-order valence-corrected chi connectivity index (χ4v) is 2.96. The zero-order chi connectivity index (χ0) is 15.5. The molecule has 0 bridgehead atoms. The predicted molar refractivity (Wildman–Crippen MR) is 78.2 cm³/mol. The van der Waals surface area contributed by atoms with E-state index in [0.29, 0.717) is 17.1 Å². The first-order chi connectivity index (χ1) is 9.83. The number of halogens is 4. The van der Waals surface area contributed by atoms with Crippen LogP contribution in [0.15, 0.2) is 22.7 Å². The summed E-state index contributed by atoms with van der Waals surface area (Å²) in [4.78, 5) is 2.28. The molecular weight excluding hydrogens is 349 g/mol. The van der Waals surface area contributed by atoms with E-state index in [4.69, 9.17) is 0 Å². The Kier molecular flexibility index (Phi) is 5.51. The van der Waals surface area contributed by atoms with Gasteiger partial charge in [-0.25, -0.2) is 0 Å². The van der Waals surface area contributed by atoms with Gasteiger partial charge in [-0.05, 0) is 60.1 Å². The minimum Gasteiger partial charge on any atom is -0.405 e. The fourth-order valence-electron chi connectivity index (χ4n) is 2.46. The largest absolute Gasteiger partial charge is 0.573 e. The third-order valence-electron chi connectivity index (χ3n) is 3.44. The molecule has 1 aromatic carbocycles. The van der Waals surface area contributed by atoms with Gasteiger partial charge in [0.25, 0.3) is 0 Å². The maximum atomic E-state index is 12.2. The number of ether oxygens (including phenoxy) is 1. The zero-order valence-electron chi connectivity index (χ0n) is 11.7. The zero-order valence-corrected chi connectivity index (χ0v) is 13.3. The number of nitrogens with one attached hydrogen (secondary N) is 1. The van der Waals surface area contributed by atoms with Crippen LogP contribution in [0.3, 0.4) is 0 Å². The maximum Gasteiger partial charge on any atom is 0.573 e. The summed E-state index contributed by atoms with van der Waals surface area (Å²) in [5.74, 6) is -0.219. The van der Waals surface area contributed by atoms with Crippen LogP contribution in [-0.2, 0) is 6.54 Å². The lowest BCUT2D eigenvalue weighted by Gasteiger charge is -2.30. The Labute approximate surface area is 130 Å². The van der Waals surface area contributed by atoms with Gasteiger partial charge in [0.1, 0.15) is 5.75 Å². The molecule has 1 N–H and O–H groups in total. The molecule has 0 aliphatic carbocycles. The van der Waals surface area contributed by atoms with Crippen LogP contribution in [0.2, 0.25) is 0 Å². The topological polar surface area (TPSA) is 24.5 Å². The number of piperidine rings is 1. The van der Waals surface area contributed by atoms with Crippen LogP contribution >= 0.6 is 15.9 Å². The molecule has 21 heavy (non-hydrogen) atoms. The van der Waals surface area contributed by atoms with E-state index in [2.05, 4.69) is 37.9 Å². The lowest BCUT2D eigenvalue weighted by molar-refractivity contribution is -0.274. The number of alkyl halides is 3. The number of likely N-dealkylation sites (N-methyl/N-ethyl adjacent to an activating group) is 1. The molecule has 3 nitrogen and oxygen atoms in total. The quantitative estimate of drug-likeness (QED) is 0.881. The van der Waals surface area contributed by atoms with E-state index in [1.807, 2.05) is 0 Å². The Morgan fingerprint density at radius 2 is 2.19 bits per heavy atom. The van der Waals surface area contributed by atoms with Crippen molar-refractivity contribution < 1.29 is 17.9 Å². The summed E-state index contributed by atoms with van der Waals surface area (Å²) in [6, 6.07) is 5.06. The highest BCUT2D eigenvalue weighted by Gasteiger charge is 2.31. The molecule has 1 heterocycles. The highest BCUT2D eigenvalue weighted by molar-refractivity contribution is 9.10. The number of nitrogens with zero attached hydrogens (tertiary/aromatic N) is 1. The normalized spacial score (nSPS) is 20.5. The van der Waals surface area contributed by atoms with Gasteiger partial charge < -0.3 is 15.0 Å². The third-order valence-corrected chi connectivity index (χ3v) is 4.06. The smallest absolute Gasteiger partial charge is 0.405 e. The van der Waals surface area contributed by atoms with E-state index in [1.165, 1.54) is 6.07 Å². The van der Waals surface area contributed by atoms with Crippen molar-refractivity contribution in [1.29, 1.82) is 0 Å². The molecule has 0 spiro atoms. The van der Waals surface area contributed by atoms with Crippen molar-refractivity contribution in [1.82, 2.24) is 10.2 Å². The first kappa shape index (κ1) is 16.6. The molecule has 0 amide bonds. The van der Waals surface area contributed by atoms with Crippen LogP contribution in [0.25, 0.3) is 0 Å². The number of benzene rings is 1. The number of hydrogen-bond donors (Lipinski definition) is 1. The molecule has 7 heteroatoms. The minimum absolute atomic E-state index is 0.219. The average molecular weight is 367 g/mol. The highest BCUT2D eigenvalue weighted by Crippen LogP contribution is 2.31. The van der Waals surface area contributed by atoms with Crippen LogP contribution < -0.4 is 10.1 Å². The molecule has 1 saturated heterocycles. The molecule has 118 valence electrons. The summed E-state index contributed by atoms with van der Waals surface area (Å²) in [5.41, 5.74) is 0.921. The van der Waals surface area contributed by atoms with Crippen molar-refractivity contribution in [3.8, 4) is 5.75 Å². The first-order valence-corrected chi connectivity index (χ1v) is 7.59. The SMILES string of the molecule is CN1CCCC(NCc2ccc(OC(F)(F)F)c(Br)c2)C1. The molecule has 1 aliphatic heterocycles. The van der Waals surface area contributed by atoms with Crippen molar-refractivity contribution in [3.05, 3.63) is 28.2 Å². The molecule has 1 aromatic rings. The lowest BCUT2D eigenvalue weighted by atomic mass is 10.1. The average Bonchev–Trinajstić information content (AvgIpc) is 2.38. The van der Waals surface area contributed by atoms with Crippen molar-refractivity contribution in [2.24, 2.45) is 0 Å². The molecule has 0 saturated carbocycles. The fraction of sp³-hybridized carbons (Fsp3) is 0.571. The van der Waals surface area contributed by atoms with Crippen LogP contribution in [0, 0.1) is 0 Å². The Morgan fingerprint density at radius 1 is 1.43 bits per heavy atom. The Bertz CT molecular complexity index is 482. The summed E-state index contributed by atoms with van der Waals surface area (Å²) in [6.07, 6.45) is -2.38. The summed E-state index contributed by atoms with van der Waals surface area (Å²) < 4.78 is 40.8. The van der Waals surface area contributed by atoms with E-state index in [-0.39, 0.29) is 5.75 Å². The Morgan fingerprint density at radius 3 is 2.81 bits per heavy atom. The number of hydrogen-bond acceptors (Lipinski definition) is 3. The predicted octanol–water partition coefficient (Wildman–Crippen LogP) is 3.53. The second-order valence-corrected chi connectivity index (χ2v) is 6.15. The van der Waals surface area contributed by atoms with Crippen molar-refractivity contribution in [2.45, 2.75) is 31.8 Å². The monoisotopic (exact) mass is 366 g/mol. The Hall–Kier alpha value is -0.790. The van der Waals surface area contributed by atoms with E-state index >= 15 is 0 Å². The first-order valence-electron chi connectivity index (χ1n) is 6.79. The van der Waals surface area contributed by atoms with Gasteiger partial charge in [0.05, 0.1) is 4.47 Å². The number of likely N-dealkylation sites (tertiary alicyclic amines) is 1. The van der Waals surface area contributed by atoms with Gasteiger partial charge in [0, 0.05) is 19.1 Å². The van der Waals surface area contributed by atoms with Gasteiger partial charge in [-0.15, -0.1) is 13.2 Å². The van der Waals surface area contributed by atoms with Gasteiger partial charge >= 0.3 is 6.36 Å². The van der Waals surface area contributed by atoms with Crippen LogP contribution in [0.4, 0.5) is 13.2 Å². The molecule has 0 radical (unpaired) electrons. The van der Waals surface area contributed by atoms with Gasteiger partial charge in [-0.3, -0.25) is 0 Å². The summed E-state index contributed by atoms with van der Waals surface area (Å²) in [7, 11) is 2.09. The van der Waals surface area contributed by atoms with E-state index in [0.717, 1.165) is 31.5 Å². The molecule has 1 fully saturated rings. The van der Waals surface area contributed by atoms with Crippen LogP contribution in [0.1, 0.15) is 18.4 Å². The van der Waals surface area contributed by atoms with Crippen molar-refractivity contribution >= 4 is 15.9 Å². The van der Waals surface area contributed by atoms with E-state index < -0.39 is 6.36 Å². The Balaban J connectivity index is 1.91. The molecule has 0 aromatic heterocycles. The van der Waals surface area contributed by atoms with Gasteiger partial charge in [-0.2, -0.15) is 0 Å². The summed E-state index contributed by atoms with van der Waals surface area (Å²) in [6.45, 7) is 2.74.